The summed E-state index contributed by atoms with van der Waals surface area (Å²) in [6.07, 6.45) is 0. The van der Waals surface area contributed by atoms with Gasteiger partial charge >= 0.3 is 0 Å². The normalized spacial score (nSPS) is 11.3. The van der Waals surface area contributed by atoms with Crippen molar-refractivity contribution in [3.05, 3.63) is 15.9 Å². The standard InChI is InChI=1S/C10H18BrN3/c1-7(2)5-12-6-9-10(11)8(3)13-14(9)4/h7,12H,5-6H2,1-4H3. The summed E-state index contributed by atoms with van der Waals surface area (Å²) in [5.41, 5.74) is 2.26. The molecule has 1 aromatic rings. The van der Waals surface area contributed by atoms with E-state index in [1.54, 1.807) is 0 Å². The predicted molar refractivity (Wildman–Crippen MR) is 62.2 cm³/mol. The second kappa shape index (κ2) is 4.94. The quantitative estimate of drug-likeness (QED) is 0.899. The van der Waals surface area contributed by atoms with Crippen LogP contribution in [0.3, 0.4) is 0 Å². The van der Waals surface area contributed by atoms with Crippen molar-refractivity contribution in [3.8, 4) is 0 Å². The summed E-state index contributed by atoms with van der Waals surface area (Å²) in [4.78, 5) is 0. The van der Waals surface area contributed by atoms with Gasteiger partial charge in [-0.2, -0.15) is 5.10 Å². The van der Waals surface area contributed by atoms with Gasteiger partial charge in [-0.1, -0.05) is 13.8 Å². The molecule has 0 atom stereocenters. The van der Waals surface area contributed by atoms with Crippen LogP contribution in [0.5, 0.6) is 0 Å². The lowest BCUT2D eigenvalue weighted by molar-refractivity contribution is 0.535. The number of halogens is 1. The van der Waals surface area contributed by atoms with Gasteiger partial charge in [0.15, 0.2) is 0 Å². The molecule has 4 heteroatoms. The van der Waals surface area contributed by atoms with Gasteiger partial charge in [0.05, 0.1) is 15.9 Å². The first-order valence-corrected chi connectivity index (χ1v) is 5.70. The van der Waals surface area contributed by atoms with E-state index in [9.17, 15) is 0 Å². The first-order chi connectivity index (χ1) is 6.52. The molecule has 14 heavy (non-hydrogen) atoms. The van der Waals surface area contributed by atoms with Crippen molar-refractivity contribution in [1.29, 1.82) is 0 Å². The predicted octanol–water partition coefficient (Wildman–Crippen LogP) is 2.24. The Morgan fingerprint density at radius 3 is 2.57 bits per heavy atom. The Morgan fingerprint density at radius 2 is 2.14 bits per heavy atom. The van der Waals surface area contributed by atoms with E-state index in [0.717, 1.165) is 23.3 Å². The van der Waals surface area contributed by atoms with E-state index in [1.807, 2.05) is 18.7 Å². The lowest BCUT2D eigenvalue weighted by atomic mass is 10.2. The SMILES string of the molecule is Cc1nn(C)c(CNCC(C)C)c1Br. The van der Waals surface area contributed by atoms with E-state index in [0.29, 0.717) is 5.92 Å². The summed E-state index contributed by atoms with van der Waals surface area (Å²) < 4.78 is 3.04. The first kappa shape index (κ1) is 11.7. The van der Waals surface area contributed by atoms with Crippen LogP contribution < -0.4 is 5.32 Å². The van der Waals surface area contributed by atoms with E-state index >= 15 is 0 Å². The lowest BCUT2D eigenvalue weighted by Gasteiger charge is -2.07. The molecule has 0 fully saturated rings. The molecule has 1 N–H and O–H groups in total. The van der Waals surface area contributed by atoms with E-state index < -0.39 is 0 Å². The van der Waals surface area contributed by atoms with Gasteiger partial charge in [0, 0.05) is 13.6 Å². The van der Waals surface area contributed by atoms with Crippen molar-refractivity contribution in [3.63, 3.8) is 0 Å². The maximum Gasteiger partial charge on any atom is 0.0739 e. The Kier molecular flexibility index (Phi) is 4.13. The molecule has 0 saturated carbocycles. The number of nitrogens with zero attached hydrogens (tertiary/aromatic N) is 2. The first-order valence-electron chi connectivity index (χ1n) is 4.91. The highest BCUT2D eigenvalue weighted by Gasteiger charge is 2.09. The van der Waals surface area contributed by atoms with Crippen LogP contribution in [0.4, 0.5) is 0 Å². The molecule has 3 nitrogen and oxygen atoms in total. The molecule has 0 aliphatic heterocycles. The number of nitrogens with one attached hydrogen (secondary N) is 1. The van der Waals surface area contributed by atoms with E-state index in [-0.39, 0.29) is 0 Å². The fourth-order valence-electron chi connectivity index (χ4n) is 1.35. The van der Waals surface area contributed by atoms with Crippen molar-refractivity contribution in [1.82, 2.24) is 15.1 Å². The summed E-state index contributed by atoms with van der Waals surface area (Å²) in [7, 11) is 1.98. The number of aromatic nitrogens is 2. The third-order valence-corrected chi connectivity index (χ3v) is 3.14. The van der Waals surface area contributed by atoms with Crippen LogP contribution in [0.1, 0.15) is 25.2 Å². The van der Waals surface area contributed by atoms with Gasteiger partial charge in [0.2, 0.25) is 0 Å². The zero-order chi connectivity index (χ0) is 10.7. The molecule has 1 heterocycles. The fourth-order valence-corrected chi connectivity index (χ4v) is 1.83. The topological polar surface area (TPSA) is 29.9 Å². The molecule has 0 bridgehead atoms. The minimum Gasteiger partial charge on any atom is -0.311 e. The average molecular weight is 260 g/mol. The Bertz CT molecular complexity index is 305. The average Bonchev–Trinajstić information content (AvgIpc) is 2.31. The summed E-state index contributed by atoms with van der Waals surface area (Å²) in [5.74, 6) is 0.683. The molecular formula is C10H18BrN3. The molecule has 0 amide bonds. The number of hydrogen-bond donors (Lipinski definition) is 1. The zero-order valence-electron chi connectivity index (χ0n) is 9.26. The smallest absolute Gasteiger partial charge is 0.0739 e. The van der Waals surface area contributed by atoms with Gasteiger partial charge in [-0.15, -0.1) is 0 Å². The largest absolute Gasteiger partial charge is 0.311 e. The van der Waals surface area contributed by atoms with Gasteiger partial charge in [0.25, 0.3) is 0 Å². The van der Waals surface area contributed by atoms with E-state index in [2.05, 4.69) is 40.2 Å². The zero-order valence-corrected chi connectivity index (χ0v) is 10.8. The van der Waals surface area contributed by atoms with Gasteiger partial charge in [0.1, 0.15) is 0 Å². The molecule has 0 aliphatic rings. The summed E-state index contributed by atoms with van der Waals surface area (Å²) in [5, 5.41) is 7.74. The minimum atomic E-state index is 0.683. The fraction of sp³-hybridized carbons (Fsp3) is 0.700. The molecular weight excluding hydrogens is 242 g/mol. The van der Waals surface area contributed by atoms with Crippen molar-refractivity contribution in [2.24, 2.45) is 13.0 Å². The van der Waals surface area contributed by atoms with Gasteiger partial charge in [-0.05, 0) is 35.3 Å². The van der Waals surface area contributed by atoms with Crippen LogP contribution in [0.15, 0.2) is 4.47 Å². The molecule has 1 aromatic heterocycles. The van der Waals surface area contributed by atoms with Gasteiger partial charge in [-0.25, -0.2) is 0 Å². The van der Waals surface area contributed by atoms with Crippen LogP contribution >= 0.6 is 15.9 Å². The highest BCUT2D eigenvalue weighted by atomic mass is 79.9. The Morgan fingerprint density at radius 1 is 1.50 bits per heavy atom. The second-order valence-electron chi connectivity index (χ2n) is 3.99. The van der Waals surface area contributed by atoms with Crippen molar-refractivity contribution in [2.45, 2.75) is 27.3 Å². The van der Waals surface area contributed by atoms with Crippen molar-refractivity contribution < 1.29 is 0 Å². The van der Waals surface area contributed by atoms with Crippen LogP contribution in [-0.2, 0) is 13.6 Å². The van der Waals surface area contributed by atoms with Gasteiger partial charge in [-0.3, -0.25) is 4.68 Å². The molecule has 0 unspecified atom stereocenters. The highest BCUT2D eigenvalue weighted by molar-refractivity contribution is 9.10. The van der Waals surface area contributed by atoms with Gasteiger partial charge < -0.3 is 5.32 Å². The minimum absolute atomic E-state index is 0.683. The lowest BCUT2D eigenvalue weighted by Crippen LogP contribution is -2.20. The van der Waals surface area contributed by atoms with Crippen LogP contribution in [0.25, 0.3) is 0 Å². The number of aryl methyl sites for hydroxylation is 2. The molecule has 0 aliphatic carbocycles. The molecule has 0 spiro atoms. The van der Waals surface area contributed by atoms with E-state index in [1.165, 1.54) is 5.69 Å². The highest BCUT2D eigenvalue weighted by Crippen LogP contribution is 2.19. The van der Waals surface area contributed by atoms with E-state index in [4.69, 9.17) is 0 Å². The van der Waals surface area contributed by atoms with Crippen LogP contribution in [0.2, 0.25) is 0 Å². The van der Waals surface area contributed by atoms with Crippen molar-refractivity contribution in [2.75, 3.05) is 6.54 Å². The molecule has 0 aromatic carbocycles. The molecule has 0 saturated heterocycles. The maximum absolute atomic E-state index is 4.34. The third-order valence-electron chi connectivity index (χ3n) is 2.11. The van der Waals surface area contributed by atoms with Crippen LogP contribution in [-0.4, -0.2) is 16.3 Å². The molecule has 80 valence electrons. The molecule has 0 radical (unpaired) electrons. The Hall–Kier alpha value is -0.350. The number of rotatable bonds is 4. The monoisotopic (exact) mass is 259 g/mol. The van der Waals surface area contributed by atoms with Crippen LogP contribution in [0, 0.1) is 12.8 Å². The number of hydrogen-bond acceptors (Lipinski definition) is 2. The third kappa shape index (κ3) is 2.82. The second-order valence-corrected chi connectivity index (χ2v) is 4.79. The Balaban J connectivity index is 2.58. The maximum atomic E-state index is 4.34. The summed E-state index contributed by atoms with van der Waals surface area (Å²) in [6.45, 7) is 8.33. The Labute approximate surface area is 94.0 Å². The van der Waals surface area contributed by atoms with Crippen molar-refractivity contribution >= 4 is 15.9 Å². The summed E-state index contributed by atoms with van der Waals surface area (Å²) >= 11 is 3.54. The molecule has 1 rings (SSSR count). The summed E-state index contributed by atoms with van der Waals surface area (Å²) in [6, 6.07) is 0.